The fourth-order valence-electron chi connectivity index (χ4n) is 2.82. The fourth-order valence-corrected chi connectivity index (χ4v) is 2.82. The number of benzene rings is 1. The molecule has 2 rings (SSSR count). The number of hydrogen-bond donors (Lipinski definition) is 2. The molecule has 4 heteroatoms. The van der Waals surface area contributed by atoms with Gasteiger partial charge in [0.05, 0.1) is 0 Å². The third-order valence-electron chi connectivity index (χ3n) is 4.30. The Balaban J connectivity index is 1.98. The normalized spacial score (nSPS) is 17.7. The van der Waals surface area contributed by atoms with Crippen molar-refractivity contribution in [2.75, 3.05) is 27.2 Å². The first kappa shape index (κ1) is 16.0. The lowest BCUT2D eigenvalue weighted by Gasteiger charge is -2.32. The Morgan fingerprint density at radius 3 is 2.48 bits per heavy atom. The molecule has 1 fully saturated rings. The van der Waals surface area contributed by atoms with Crippen LogP contribution in [-0.4, -0.2) is 38.0 Å². The summed E-state index contributed by atoms with van der Waals surface area (Å²) in [5, 5.41) is 6.45. The van der Waals surface area contributed by atoms with Crippen molar-refractivity contribution in [3.8, 4) is 0 Å². The van der Waals surface area contributed by atoms with Gasteiger partial charge >= 0.3 is 0 Å². The van der Waals surface area contributed by atoms with E-state index in [1.54, 1.807) is 0 Å². The molecule has 1 aliphatic rings. The molecule has 1 aromatic carbocycles. The minimum atomic E-state index is -0.220. The molecule has 1 heterocycles. The molecule has 21 heavy (non-hydrogen) atoms. The van der Waals surface area contributed by atoms with Crippen LogP contribution in [0.3, 0.4) is 0 Å². The molecule has 0 aliphatic carbocycles. The van der Waals surface area contributed by atoms with E-state index in [4.69, 9.17) is 0 Å². The van der Waals surface area contributed by atoms with E-state index in [1.807, 2.05) is 6.07 Å². The van der Waals surface area contributed by atoms with Crippen LogP contribution in [0.2, 0.25) is 0 Å². The molecule has 0 saturated carbocycles. The molecular formula is C17H27N3O. The highest BCUT2D eigenvalue weighted by molar-refractivity contribution is 5.82. The molecule has 0 unspecified atom stereocenters. The van der Waals surface area contributed by atoms with Gasteiger partial charge in [0.25, 0.3) is 0 Å². The van der Waals surface area contributed by atoms with Gasteiger partial charge in [-0.15, -0.1) is 0 Å². The first-order valence-corrected chi connectivity index (χ1v) is 7.72. The summed E-state index contributed by atoms with van der Waals surface area (Å²) in [6.45, 7) is 5.45. The molecule has 2 N–H and O–H groups in total. The summed E-state index contributed by atoms with van der Waals surface area (Å²) in [7, 11) is 4.12. The fraction of sp³-hybridized carbons (Fsp3) is 0.588. The minimum Gasteiger partial charge on any atom is -0.352 e. The Hall–Kier alpha value is -1.39. The van der Waals surface area contributed by atoms with Gasteiger partial charge in [0.2, 0.25) is 5.91 Å². The number of nitrogens with one attached hydrogen (secondary N) is 2. The summed E-state index contributed by atoms with van der Waals surface area (Å²) in [5.74, 6) is 0.184. The minimum absolute atomic E-state index is 0.184. The van der Waals surface area contributed by atoms with Gasteiger partial charge < -0.3 is 15.5 Å². The Morgan fingerprint density at radius 2 is 1.86 bits per heavy atom. The first-order valence-electron chi connectivity index (χ1n) is 7.72. The van der Waals surface area contributed by atoms with Gasteiger partial charge in [-0.1, -0.05) is 31.2 Å². The zero-order valence-electron chi connectivity index (χ0n) is 13.4. The molecule has 1 aliphatic heterocycles. The average Bonchev–Trinajstić information content (AvgIpc) is 2.46. The molecule has 116 valence electrons. The van der Waals surface area contributed by atoms with E-state index in [0.717, 1.165) is 32.5 Å². The number of nitrogens with zero attached hydrogens (tertiary/aromatic N) is 1. The zero-order chi connectivity index (χ0) is 15.3. The highest BCUT2D eigenvalue weighted by atomic mass is 16.2. The highest BCUT2D eigenvalue weighted by Gasteiger charge is 2.34. The van der Waals surface area contributed by atoms with Gasteiger partial charge in [0, 0.05) is 18.5 Å². The van der Waals surface area contributed by atoms with Crippen LogP contribution >= 0.6 is 0 Å². The number of amides is 1. The maximum absolute atomic E-state index is 12.5. The summed E-state index contributed by atoms with van der Waals surface area (Å²) >= 11 is 0. The second-order valence-electron chi connectivity index (χ2n) is 6.50. The number of rotatable bonds is 5. The predicted molar refractivity (Wildman–Crippen MR) is 85.9 cm³/mol. The highest BCUT2D eigenvalue weighted by Crippen LogP contribution is 2.28. The van der Waals surface area contributed by atoms with Crippen molar-refractivity contribution in [1.82, 2.24) is 15.5 Å². The van der Waals surface area contributed by atoms with E-state index in [2.05, 4.69) is 54.8 Å². The Bertz CT molecular complexity index is 479. The first-order chi connectivity index (χ1) is 10.0. The molecule has 1 saturated heterocycles. The summed E-state index contributed by atoms with van der Waals surface area (Å²) in [5.41, 5.74) is 2.26. The Morgan fingerprint density at radius 1 is 1.24 bits per heavy atom. The van der Waals surface area contributed by atoms with Crippen LogP contribution in [0.4, 0.5) is 0 Å². The standard InChI is InChI=1S/C17H27N3O/c1-17(8-10-18-11-9-17)16(21)19-12-14-6-4-5-7-15(14)13-20(2)3/h4-7,18H,8-13H2,1-3H3,(H,19,21). The Kier molecular flexibility index (Phi) is 5.37. The number of carbonyl (C=O) groups excluding carboxylic acids is 1. The second kappa shape index (κ2) is 7.05. The van der Waals surface area contributed by atoms with Gasteiger partial charge in [-0.2, -0.15) is 0 Å². The topological polar surface area (TPSA) is 44.4 Å². The van der Waals surface area contributed by atoms with Gasteiger partial charge in [0.15, 0.2) is 0 Å². The zero-order valence-corrected chi connectivity index (χ0v) is 13.4. The van der Waals surface area contributed by atoms with Crippen molar-refractivity contribution in [2.45, 2.75) is 32.9 Å². The molecular weight excluding hydrogens is 262 g/mol. The van der Waals surface area contributed by atoms with Crippen molar-refractivity contribution in [3.05, 3.63) is 35.4 Å². The maximum Gasteiger partial charge on any atom is 0.226 e. The maximum atomic E-state index is 12.5. The van der Waals surface area contributed by atoms with Crippen molar-refractivity contribution in [1.29, 1.82) is 0 Å². The summed E-state index contributed by atoms with van der Waals surface area (Å²) < 4.78 is 0. The van der Waals surface area contributed by atoms with Gasteiger partial charge in [0.1, 0.15) is 0 Å². The monoisotopic (exact) mass is 289 g/mol. The molecule has 1 amide bonds. The molecule has 4 nitrogen and oxygen atoms in total. The molecule has 1 aromatic rings. The molecule has 0 spiro atoms. The van der Waals surface area contributed by atoms with Crippen molar-refractivity contribution in [2.24, 2.45) is 5.41 Å². The van der Waals surface area contributed by atoms with Crippen LogP contribution in [0.5, 0.6) is 0 Å². The van der Waals surface area contributed by atoms with Crippen molar-refractivity contribution >= 4 is 5.91 Å². The average molecular weight is 289 g/mol. The van der Waals surface area contributed by atoms with Gasteiger partial charge in [-0.05, 0) is 51.2 Å². The third kappa shape index (κ3) is 4.29. The lowest BCUT2D eigenvalue weighted by atomic mass is 9.80. The number of hydrogen-bond acceptors (Lipinski definition) is 3. The quantitative estimate of drug-likeness (QED) is 0.868. The summed E-state index contributed by atoms with van der Waals surface area (Å²) in [6, 6.07) is 8.32. The van der Waals surface area contributed by atoms with Crippen LogP contribution in [0, 0.1) is 5.41 Å². The lowest BCUT2D eigenvalue weighted by molar-refractivity contribution is -0.131. The van der Waals surface area contributed by atoms with Crippen LogP contribution in [0.25, 0.3) is 0 Å². The van der Waals surface area contributed by atoms with E-state index in [0.29, 0.717) is 6.54 Å². The molecule has 0 atom stereocenters. The smallest absolute Gasteiger partial charge is 0.226 e. The second-order valence-corrected chi connectivity index (χ2v) is 6.50. The largest absolute Gasteiger partial charge is 0.352 e. The number of carbonyl (C=O) groups is 1. The van der Waals surface area contributed by atoms with Gasteiger partial charge in [-0.25, -0.2) is 0 Å². The summed E-state index contributed by atoms with van der Waals surface area (Å²) in [4.78, 5) is 14.6. The molecule has 0 radical (unpaired) electrons. The van der Waals surface area contributed by atoms with Crippen LogP contribution in [-0.2, 0) is 17.9 Å². The van der Waals surface area contributed by atoms with Gasteiger partial charge in [-0.3, -0.25) is 4.79 Å². The van der Waals surface area contributed by atoms with Crippen LogP contribution < -0.4 is 10.6 Å². The van der Waals surface area contributed by atoms with E-state index in [9.17, 15) is 4.79 Å². The number of piperidine rings is 1. The van der Waals surface area contributed by atoms with Crippen molar-refractivity contribution < 1.29 is 4.79 Å². The van der Waals surface area contributed by atoms with Crippen molar-refractivity contribution in [3.63, 3.8) is 0 Å². The van der Waals surface area contributed by atoms with Crippen LogP contribution in [0.15, 0.2) is 24.3 Å². The van der Waals surface area contributed by atoms with E-state index >= 15 is 0 Å². The van der Waals surface area contributed by atoms with E-state index in [-0.39, 0.29) is 11.3 Å². The molecule has 0 bridgehead atoms. The summed E-state index contributed by atoms with van der Waals surface area (Å²) in [6.07, 6.45) is 1.83. The van der Waals surface area contributed by atoms with Crippen LogP contribution in [0.1, 0.15) is 30.9 Å². The van der Waals surface area contributed by atoms with E-state index < -0.39 is 0 Å². The lowest BCUT2D eigenvalue weighted by Crippen LogP contribution is -2.45. The van der Waals surface area contributed by atoms with E-state index in [1.165, 1.54) is 11.1 Å². The Labute approximate surface area is 127 Å². The predicted octanol–water partition coefficient (Wildman–Crippen LogP) is 1.75. The molecule has 0 aromatic heterocycles. The SMILES string of the molecule is CN(C)Cc1ccccc1CNC(=O)C1(C)CCNCC1. The third-order valence-corrected chi connectivity index (χ3v) is 4.30.